The van der Waals surface area contributed by atoms with Gasteiger partial charge in [-0.25, -0.2) is 0 Å². The Morgan fingerprint density at radius 3 is 2.19 bits per heavy atom. The van der Waals surface area contributed by atoms with Crippen molar-refractivity contribution in [1.29, 1.82) is 0 Å². The van der Waals surface area contributed by atoms with E-state index in [0.29, 0.717) is 5.56 Å². The van der Waals surface area contributed by atoms with Crippen molar-refractivity contribution in [3.63, 3.8) is 0 Å². The van der Waals surface area contributed by atoms with Crippen LogP contribution in [0.25, 0.3) is 38.6 Å². The average Bonchev–Trinajstić information content (AvgIpc) is 3.08. The van der Waals surface area contributed by atoms with Gasteiger partial charge in [0.2, 0.25) is 0 Å². The maximum absolute atomic E-state index is 11.3. The number of para-hydroxylation sites is 1. The second-order valence-corrected chi connectivity index (χ2v) is 6.66. The summed E-state index contributed by atoms with van der Waals surface area (Å²) in [6, 6.07) is 33.2. The van der Waals surface area contributed by atoms with Gasteiger partial charge in [0.15, 0.2) is 0 Å². The van der Waals surface area contributed by atoms with Gasteiger partial charge in [0, 0.05) is 22.0 Å². The highest BCUT2D eigenvalue weighted by molar-refractivity contribution is 6.10. The Hall–Kier alpha value is -3.65. The molecule has 0 saturated carbocycles. The Morgan fingerprint density at radius 1 is 0.593 bits per heavy atom. The lowest BCUT2D eigenvalue weighted by molar-refractivity contribution is 0.112. The summed E-state index contributed by atoms with van der Waals surface area (Å²) >= 11 is 0. The fourth-order valence-electron chi connectivity index (χ4n) is 3.80. The van der Waals surface area contributed by atoms with Gasteiger partial charge in [-0.3, -0.25) is 4.79 Å². The summed E-state index contributed by atoms with van der Waals surface area (Å²) < 4.78 is 2.27. The third kappa shape index (κ3) is 2.54. The monoisotopic (exact) mass is 347 g/mol. The molecule has 1 aromatic heterocycles. The minimum atomic E-state index is 0.698. The van der Waals surface area contributed by atoms with Crippen LogP contribution in [0, 0.1) is 0 Å². The molecule has 0 aliphatic heterocycles. The second kappa shape index (κ2) is 6.26. The van der Waals surface area contributed by atoms with E-state index >= 15 is 0 Å². The molecule has 0 spiro atoms. The summed E-state index contributed by atoms with van der Waals surface area (Å²) in [6.45, 7) is 0. The van der Waals surface area contributed by atoms with E-state index in [4.69, 9.17) is 0 Å². The molecule has 0 unspecified atom stereocenters. The van der Waals surface area contributed by atoms with Crippen LogP contribution in [-0.4, -0.2) is 10.9 Å². The third-order valence-corrected chi connectivity index (χ3v) is 5.04. The minimum Gasteiger partial charge on any atom is -0.309 e. The van der Waals surface area contributed by atoms with Crippen LogP contribution in [0.4, 0.5) is 0 Å². The molecular formula is C25H17NO. The highest BCUT2D eigenvalue weighted by atomic mass is 16.1. The number of carbonyl (C=O) groups is 1. The molecule has 5 aromatic rings. The molecule has 1 heterocycles. The molecule has 2 heteroatoms. The number of fused-ring (bicyclic) bond motifs is 3. The first kappa shape index (κ1) is 15.6. The summed E-state index contributed by atoms with van der Waals surface area (Å²) in [5, 5.41) is 2.25. The van der Waals surface area contributed by atoms with Gasteiger partial charge in [-0.15, -0.1) is 0 Å². The van der Waals surface area contributed by atoms with Gasteiger partial charge in [-0.2, -0.15) is 0 Å². The largest absolute Gasteiger partial charge is 0.309 e. The fourth-order valence-corrected chi connectivity index (χ4v) is 3.80. The topological polar surface area (TPSA) is 22.0 Å². The average molecular weight is 347 g/mol. The van der Waals surface area contributed by atoms with E-state index in [2.05, 4.69) is 71.3 Å². The summed E-state index contributed by atoms with van der Waals surface area (Å²) in [6.07, 6.45) is 0.904. The SMILES string of the molecule is O=Cc1ccc2c(c1)c1ccccc1n2-c1cccc(-c2ccccc2)c1. The van der Waals surface area contributed by atoms with Gasteiger partial charge in [0.1, 0.15) is 6.29 Å². The van der Waals surface area contributed by atoms with E-state index < -0.39 is 0 Å². The lowest BCUT2D eigenvalue weighted by Gasteiger charge is -2.10. The van der Waals surface area contributed by atoms with Gasteiger partial charge < -0.3 is 4.57 Å². The Labute approximate surface area is 157 Å². The zero-order chi connectivity index (χ0) is 18.2. The second-order valence-electron chi connectivity index (χ2n) is 6.66. The van der Waals surface area contributed by atoms with Crippen molar-refractivity contribution in [3.05, 3.63) is 103 Å². The van der Waals surface area contributed by atoms with Crippen LogP contribution in [0.1, 0.15) is 10.4 Å². The van der Waals surface area contributed by atoms with Crippen molar-refractivity contribution in [3.8, 4) is 16.8 Å². The maximum Gasteiger partial charge on any atom is 0.150 e. The van der Waals surface area contributed by atoms with Gasteiger partial charge in [-0.1, -0.05) is 60.7 Å². The first-order valence-corrected chi connectivity index (χ1v) is 8.99. The normalized spacial score (nSPS) is 11.1. The van der Waals surface area contributed by atoms with Gasteiger partial charge >= 0.3 is 0 Å². The van der Waals surface area contributed by atoms with Crippen LogP contribution >= 0.6 is 0 Å². The Bertz CT molecular complexity index is 1280. The molecule has 0 amide bonds. The quantitative estimate of drug-likeness (QED) is 0.353. The predicted octanol–water partition coefficient (Wildman–Crippen LogP) is 6.26. The van der Waals surface area contributed by atoms with Gasteiger partial charge in [0.25, 0.3) is 0 Å². The molecular weight excluding hydrogens is 330 g/mol. The smallest absolute Gasteiger partial charge is 0.150 e. The molecule has 0 aliphatic carbocycles. The van der Waals surface area contributed by atoms with Gasteiger partial charge in [-0.05, 0) is 47.5 Å². The molecule has 0 N–H and O–H groups in total. The van der Waals surface area contributed by atoms with Crippen LogP contribution in [0.2, 0.25) is 0 Å². The number of nitrogens with zero attached hydrogens (tertiary/aromatic N) is 1. The summed E-state index contributed by atoms with van der Waals surface area (Å²) in [5.41, 5.74) is 6.43. The summed E-state index contributed by atoms with van der Waals surface area (Å²) in [4.78, 5) is 11.3. The fraction of sp³-hybridized carbons (Fsp3) is 0. The molecule has 4 aromatic carbocycles. The first-order valence-electron chi connectivity index (χ1n) is 8.99. The zero-order valence-electron chi connectivity index (χ0n) is 14.7. The maximum atomic E-state index is 11.3. The Morgan fingerprint density at radius 2 is 1.33 bits per heavy atom. The molecule has 5 rings (SSSR count). The number of rotatable bonds is 3. The van der Waals surface area contributed by atoms with E-state index in [1.165, 1.54) is 11.1 Å². The van der Waals surface area contributed by atoms with Crippen molar-refractivity contribution in [2.24, 2.45) is 0 Å². The number of benzene rings is 4. The van der Waals surface area contributed by atoms with E-state index in [-0.39, 0.29) is 0 Å². The van der Waals surface area contributed by atoms with E-state index in [0.717, 1.165) is 33.8 Å². The van der Waals surface area contributed by atoms with Crippen LogP contribution in [-0.2, 0) is 0 Å². The zero-order valence-corrected chi connectivity index (χ0v) is 14.7. The predicted molar refractivity (Wildman–Crippen MR) is 112 cm³/mol. The van der Waals surface area contributed by atoms with E-state index in [9.17, 15) is 4.79 Å². The molecule has 0 aliphatic rings. The molecule has 0 bridgehead atoms. The lowest BCUT2D eigenvalue weighted by Crippen LogP contribution is -1.94. The Balaban J connectivity index is 1.81. The number of aromatic nitrogens is 1. The molecule has 0 fully saturated rings. The third-order valence-electron chi connectivity index (χ3n) is 5.04. The highest BCUT2D eigenvalue weighted by Crippen LogP contribution is 2.33. The number of carbonyl (C=O) groups excluding carboxylic acids is 1. The van der Waals surface area contributed by atoms with E-state index in [1.54, 1.807) is 0 Å². The van der Waals surface area contributed by atoms with Crippen LogP contribution < -0.4 is 0 Å². The lowest BCUT2D eigenvalue weighted by atomic mass is 10.1. The molecule has 0 saturated heterocycles. The van der Waals surface area contributed by atoms with Crippen molar-refractivity contribution < 1.29 is 4.79 Å². The van der Waals surface area contributed by atoms with Crippen LogP contribution in [0.15, 0.2) is 97.1 Å². The number of aldehydes is 1. The number of hydrogen-bond donors (Lipinski definition) is 0. The molecule has 0 atom stereocenters. The summed E-state index contributed by atoms with van der Waals surface area (Å²) in [7, 11) is 0. The van der Waals surface area contributed by atoms with Gasteiger partial charge in [0.05, 0.1) is 11.0 Å². The molecule has 2 nitrogen and oxygen atoms in total. The van der Waals surface area contributed by atoms with Crippen molar-refractivity contribution >= 4 is 28.1 Å². The van der Waals surface area contributed by atoms with Crippen molar-refractivity contribution in [1.82, 2.24) is 4.57 Å². The van der Waals surface area contributed by atoms with Crippen molar-refractivity contribution in [2.75, 3.05) is 0 Å². The summed E-state index contributed by atoms with van der Waals surface area (Å²) in [5.74, 6) is 0. The number of hydrogen-bond acceptors (Lipinski definition) is 1. The molecule has 128 valence electrons. The van der Waals surface area contributed by atoms with Crippen molar-refractivity contribution in [2.45, 2.75) is 0 Å². The van der Waals surface area contributed by atoms with Crippen LogP contribution in [0.3, 0.4) is 0 Å². The molecule has 0 radical (unpaired) electrons. The first-order chi connectivity index (χ1) is 13.3. The minimum absolute atomic E-state index is 0.698. The van der Waals surface area contributed by atoms with Crippen LogP contribution in [0.5, 0.6) is 0 Å². The standard InChI is InChI=1S/C25H17NO/c27-17-18-13-14-25-23(15-18)22-11-4-5-12-24(22)26(25)21-10-6-9-20(16-21)19-7-2-1-3-8-19/h1-17H. The Kier molecular flexibility index (Phi) is 3.61. The molecule has 27 heavy (non-hydrogen) atoms. The van der Waals surface area contributed by atoms with E-state index in [1.807, 2.05) is 30.3 Å². The highest BCUT2D eigenvalue weighted by Gasteiger charge is 2.12.